The van der Waals surface area contributed by atoms with Gasteiger partial charge in [-0.2, -0.15) is 0 Å². The van der Waals surface area contributed by atoms with Gasteiger partial charge in [-0.3, -0.25) is 0 Å². The van der Waals surface area contributed by atoms with E-state index in [1.54, 1.807) is 0 Å². The molecule has 1 aliphatic rings. The molecule has 0 bridgehead atoms. The maximum Gasteiger partial charge on any atom is 0.212 e. The highest BCUT2D eigenvalue weighted by Gasteiger charge is 2.21. The van der Waals surface area contributed by atoms with Crippen molar-refractivity contribution in [2.75, 3.05) is 0 Å². The molecule has 1 aromatic carbocycles. The lowest BCUT2D eigenvalue weighted by Crippen LogP contribution is -2.32. The van der Waals surface area contributed by atoms with Crippen LogP contribution in [0.25, 0.3) is 11.3 Å². The smallest absolute Gasteiger partial charge is 0.201 e. The van der Waals surface area contributed by atoms with Crippen molar-refractivity contribution in [2.24, 2.45) is 7.05 Å². The van der Waals surface area contributed by atoms with E-state index in [0.717, 1.165) is 12.8 Å². The van der Waals surface area contributed by atoms with Crippen molar-refractivity contribution in [1.29, 1.82) is 0 Å². The Labute approximate surface area is 149 Å². The molecule has 1 fully saturated rings. The van der Waals surface area contributed by atoms with E-state index in [9.17, 15) is 0 Å². The third kappa shape index (κ3) is 3.55. The van der Waals surface area contributed by atoms with E-state index >= 15 is 0 Å². The highest BCUT2D eigenvalue weighted by atomic mass is 14.9. The molecule has 1 nitrogen and oxygen atoms in total. The van der Waals surface area contributed by atoms with Crippen molar-refractivity contribution in [3.63, 3.8) is 0 Å². The number of hydrogen-bond donors (Lipinski definition) is 0. The van der Waals surface area contributed by atoms with Crippen molar-refractivity contribution in [2.45, 2.75) is 71.1 Å². The van der Waals surface area contributed by atoms with Gasteiger partial charge < -0.3 is 0 Å². The molecule has 0 atom stereocenters. The van der Waals surface area contributed by atoms with Crippen LogP contribution in [0.4, 0.5) is 0 Å². The minimum absolute atomic E-state index is 0.147. The van der Waals surface area contributed by atoms with E-state index in [1.165, 1.54) is 47.2 Å². The largest absolute Gasteiger partial charge is 0.212 e. The monoisotopic (exact) mass is 323 g/mol. The fourth-order valence-electron chi connectivity index (χ4n) is 3.73. The zero-order chi connectivity index (χ0) is 18.2. The molecule has 0 aliphatic heterocycles. The third-order valence-corrected chi connectivity index (χ3v) is 5.38. The summed E-state index contributed by atoms with van der Waals surface area (Å²) in [6.45, 7) is 8.97. The third-order valence-electron chi connectivity index (χ3n) is 5.38. The summed E-state index contributed by atoms with van der Waals surface area (Å²) in [5, 5.41) is 0. The average Bonchev–Trinajstić information content (AvgIpc) is 2.55. The summed E-state index contributed by atoms with van der Waals surface area (Å²) in [6, 6.07) is 11.2. The highest BCUT2D eigenvalue weighted by Crippen LogP contribution is 2.33. The molecule has 0 amide bonds. The van der Waals surface area contributed by atoms with E-state index in [4.69, 9.17) is 1.37 Å². The molecule has 1 aromatic heterocycles. The van der Waals surface area contributed by atoms with Crippen LogP contribution < -0.4 is 4.57 Å². The first kappa shape index (κ1) is 15.9. The fraction of sp³-hybridized carbons (Fsp3) is 0.522. The fourth-order valence-corrected chi connectivity index (χ4v) is 3.73. The Balaban J connectivity index is 2.02. The first-order valence-electron chi connectivity index (χ1n) is 9.82. The van der Waals surface area contributed by atoms with Crippen LogP contribution in [-0.2, 0) is 12.5 Å². The van der Waals surface area contributed by atoms with Gasteiger partial charge in [-0.1, -0.05) is 52.2 Å². The molecule has 0 N–H and O–H groups in total. The number of aryl methyl sites for hydroxylation is 2. The van der Waals surface area contributed by atoms with Crippen LogP contribution >= 0.6 is 0 Å². The Morgan fingerprint density at radius 2 is 1.75 bits per heavy atom. The summed E-state index contributed by atoms with van der Waals surface area (Å²) in [4.78, 5) is 0. The highest BCUT2D eigenvalue weighted by molar-refractivity contribution is 5.62. The standard InChI is InChI=1S/C23H32N/c1-17-11-13-20(23(2,3)4)15-21(17)22-14-12-19(16-24(22)5)18-9-7-6-8-10-18/h11-16,18H,6-10H2,1-5H3/q+1/i18D. The molecular formula is C23H32N+. The molecule has 0 radical (unpaired) electrons. The summed E-state index contributed by atoms with van der Waals surface area (Å²) in [5.41, 5.74) is 6.50. The van der Waals surface area contributed by atoms with Gasteiger partial charge in [-0.25, -0.2) is 4.57 Å². The molecule has 1 heteroatoms. The summed E-state index contributed by atoms with van der Waals surface area (Å²) in [7, 11) is 2.12. The maximum absolute atomic E-state index is 8.88. The molecule has 0 saturated heterocycles. The van der Waals surface area contributed by atoms with E-state index in [1.807, 2.05) is 0 Å². The van der Waals surface area contributed by atoms with Crippen LogP contribution in [0.5, 0.6) is 0 Å². The van der Waals surface area contributed by atoms with Gasteiger partial charge in [-0.05, 0) is 54.3 Å². The van der Waals surface area contributed by atoms with Gasteiger partial charge in [0.15, 0.2) is 6.20 Å². The van der Waals surface area contributed by atoms with Crippen molar-refractivity contribution >= 4 is 0 Å². The Morgan fingerprint density at radius 1 is 1.04 bits per heavy atom. The minimum atomic E-state index is -0.392. The Morgan fingerprint density at radius 3 is 2.38 bits per heavy atom. The molecule has 128 valence electrons. The number of nitrogens with zero attached hydrogens (tertiary/aromatic N) is 1. The molecule has 0 spiro atoms. The van der Waals surface area contributed by atoms with Gasteiger partial charge in [0.1, 0.15) is 7.05 Å². The Bertz CT molecular complexity index is 764. The number of rotatable bonds is 2. The predicted molar refractivity (Wildman–Crippen MR) is 102 cm³/mol. The molecule has 1 heterocycles. The van der Waals surface area contributed by atoms with Gasteiger partial charge in [0, 0.05) is 18.6 Å². The van der Waals surface area contributed by atoms with Crippen LogP contribution in [0.2, 0.25) is 0 Å². The first-order valence-corrected chi connectivity index (χ1v) is 9.32. The maximum atomic E-state index is 8.88. The number of pyridine rings is 1. The van der Waals surface area contributed by atoms with E-state index in [-0.39, 0.29) is 5.41 Å². The predicted octanol–water partition coefficient (Wildman–Crippen LogP) is 5.83. The minimum Gasteiger partial charge on any atom is -0.201 e. The van der Waals surface area contributed by atoms with Crippen LogP contribution in [0.3, 0.4) is 0 Å². The van der Waals surface area contributed by atoms with Crippen molar-refractivity contribution in [3.05, 3.63) is 53.2 Å². The van der Waals surface area contributed by atoms with Gasteiger partial charge in [0.25, 0.3) is 0 Å². The number of hydrogen-bond acceptors (Lipinski definition) is 0. The summed E-state index contributed by atoms with van der Waals surface area (Å²) < 4.78 is 11.1. The summed E-state index contributed by atoms with van der Waals surface area (Å²) in [6.07, 6.45) is 7.82. The van der Waals surface area contributed by atoms with Crippen LogP contribution in [0.1, 0.15) is 76.8 Å². The van der Waals surface area contributed by atoms with Crippen LogP contribution in [0, 0.1) is 6.92 Å². The molecule has 2 aromatic rings. The van der Waals surface area contributed by atoms with Crippen molar-refractivity contribution in [3.8, 4) is 11.3 Å². The van der Waals surface area contributed by atoms with Gasteiger partial charge in [0.2, 0.25) is 5.69 Å². The number of benzene rings is 1. The topological polar surface area (TPSA) is 3.88 Å². The molecule has 24 heavy (non-hydrogen) atoms. The Kier molecular flexibility index (Phi) is 4.43. The lowest BCUT2D eigenvalue weighted by atomic mass is 9.83. The lowest BCUT2D eigenvalue weighted by Gasteiger charge is -2.22. The molecule has 3 rings (SSSR count). The van der Waals surface area contributed by atoms with E-state index < -0.39 is 5.89 Å². The lowest BCUT2D eigenvalue weighted by molar-refractivity contribution is -0.660. The second-order valence-corrected chi connectivity index (χ2v) is 8.36. The zero-order valence-electron chi connectivity index (χ0n) is 16.9. The zero-order valence-corrected chi connectivity index (χ0v) is 15.9. The second-order valence-electron chi connectivity index (χ2n) is 8.36. The summed E-state index contributed by atoms with van der Waals surface area (Å²) in [5.74, 6) is -0.392. The summed E-state index contributed by atoms with van der Waals surface area (Å²) >= 11 is 0. The van der Waals surface area contributed by atoms with E-state index in [0.29, 0.717) is 0 Å². The van der Waals surface area contributed by atoms with Crippen molar-refractivity contribution in [1.82, 2.24) is 0 Å². The quantitative estimate of drug-likeness (QED) is 0.612. The van der Waals surface area contributed by atoms with Gasteiger partial charge in [0.05, 0.1) is 0 Å². The van der Waals surface area contributed by atoms with Crippen LogP contribution in [-0.4, -0.2) is 0 Å². The molecular weight excluding hydrogens is 290 g/mol. The van der Waals surface area contributed by atoms with Crippen LogP contribution in [0.15, 0.2) is 36.5 Å². The number of aromatic nitrogens is 1. The molecule has 0 unspecified atom stereocenters. The molecule has 1 aliphatic carbocycles. The normalized spacial score (nSPS) is 18.3. The first-order chi connectivity index (χ1) is 11.7. The Hall–Kier alpha value is -1.63. The SMILES string of the molecule is [2H]C1(c2ccc(-c3cc(C(C)(C)C)ccc3C)[n+](C)c2)CCCCC1. The second kappa shape index (κ2) is 6.70. The van der Waals surface area contributed by atoms with Crippen molar-refractivity contribution < 1.29 is 5.94 Å². The van der Waals surface area contributed by atoms with E-state index in [2.05, 4.69) is 75.8 Å². The van der Waals surface area contributed by atoms with Gasteiger partial charge >= 0.3 is 0 Å². The molecule has 1 saturated carbocycles. The average molecular weight is 324 g/mol. The van der Waals surface area contributed by atoms with Gasteiger partial charge in [-0.15, -0.1) is 0 Å².